The lowest BCUT2D eigenvalue weighted by Crippen LogP contribution is -2.35. The standard InChI is InChI=1S/C19H31N3O4/c1-4-16-12-13-17(22-19(25)20(3)18(24)21(16)22)11-9-7-5-6-8-10-14-26-15(2)23/h12-13,16-17H,4-11,14H2,1-3H3. The molecule has 0 bridgehead atoms. The predicted octanol–water partition coefficient (Wildman–Crippen LogP) is 2.70. The Hall–Kier alpha value is -2.05. The highest BCUT2D eigenvalue weighted by Gasteiger charge is 2.26. The molecular formula is C19H31N3O4. The molecule has 2 heterocycles. The van der Waals surface area contributed by atoms with Crippen molar-refractivity contribution in [3.8, 4) is 0 Å². The zero-order valence-corrected chi connectivity index (χ0v) is 16.1. The number of rotatable bonds is 10. The summed E-state index contributed by atoms with van der Waals surface area (Å²) in [5.41, 5.74) is -0.461. The lowest BCUT2D eigenvalue weighted by atomic mass is 10.0. The van der Waals surface area contributed by atoms with Gasteiger partial charge >= 0.3 is 17.3 Å². The number of ether oxygens (including phenoxy) is 1. The van der Waals surface area contributed by atoms with Crippen LogP contribution in [0.1, 0.15) is 77.3 Å². The predicted molar refractivity (Wildman–Crippen MR) is 100 cm³/mol. The van der Waals surface area contributed by atoms with Crippen molar-refractivity contribution in [2.24, 2.45) is 7.05 Å². The maximum atomic E-state index is 12.4. The number of allylic oxidation sites excluding steroid dienone is 2. The molecule has 2 atom stereocenters. The molecule has 0 amide bonds. The normalized spacial score (nSPS) is 18.7. The third kappa shape index (κ3) is 4.77. The van der Waals surface area contributed by atoms with Gasteiger partial charge in [-0.1, -0.05) is 51.2 Å². The van der Waals surface area contributed by atoms with Crippen LogP contribution in [0.4, 0.5) is 0 Å². The molecule has 7 nitrogen and oxygen atoms in total. The first-order valence-corrected chi connectivity index (χ1v) is 9.69. The van der Waals surface area contributed by atoms with E-state index < -0.39 is 0 Å². The Morgan fingerprint density at radius 3 is 2.12 bits per heavy atom. The first-order valence-electron chi connectivity index (χ1n) is 9.69. The van der Waals surface area contributed by atoms with Crippen molar-refractivity contribution in [2.45, 2.75) is 77.3 Å². The van der Waals surface area contributed by atoms with Crippen molar-refractivity contribution in [2.75, 3.05) is 6.61 Å². The molecule has 1 aromatic rings. The Labute approximate surface area is 154 Å². The van der Waals surface area contributed by atoms with Crippen molar-refractivity contribution in [3.05, 3.63) is 33.1 Å². The van der Waals surface area contributed by atoms with Gasteiger partial charge in [-0.2, -0.15) is 0 Å². The molecule has 2 rings (SSSR count). The van der Waals surface area contributed by atoms with E-state index in [9.17, 15) is 14.4 Å². The van der Waals surface area contributed by atoms with Crippen LogP contribution in [0.3, 0.4) is 0 Å². The van der Waals surface area contributed by atoms with Gasteiger partial charge in [0.2, 0.25) is 0 Å². The summed E-state index contributed by atoms with van der Waals surface area (Å²) >= 11 is 0. The Balaban J connectivity index is 1.79. The topological polar surface area (TPSA) is 75.2 Å². The maximum Gasteiger partial charge on any atom is 0.347 e. The molecule has 1 aliphatic rings. The van der Waals surface area contributed by atoms with Crippen LogP contribution in [0.25, 0.3) is 0 Å². The fraction of sp³-hybridized carbons (Fsp3) is 0.737. The lowest BCUT2D eigenvalue weighted by molar-refractivity contribution is -0.141. The molecule has 0 saturated carbocycles. The molecule has 7 heteroatoms. The first kappa shape index (κ1) is 20.3. The summed E-state index contributed by atoms with van der Waals surface area (Å²) in [7, 11) is 1.54. The maximum absolute atomic E-state index is 12.4. The van der Waals surface area contributed by atoms with Crippen LogP contribution in [0.15, 0.2) is 21.7 Å². The van der Waals surface area contributed by atoms with E-state index in [0.29, 0.717) is 6.61 Å². The molecule has 0 fully saturated rings. The van der Waals surface area contributed by atoms with E-state index in [1.807, 2.05) is 6.92 Å². The minimum atomic E-state index is -0.232. The van der Waals surface area contributed by atoms with Gasteiger partial charge in [-0.25, -0.2) is 23.5 Å². The summed E-state index contributed by atoms with van der Waals surface area (Å²) in [6, 6.07) is -0.0759. The van der Waals surface area contributed by atoms with Crippen LogP contribution < -0.4 is 11.4 Å². The minimum Gasteiger partial charge on any atom is -0.466 e. The number of carbonyl (C=O) groups excluding carboxylic acids is 1. The highest BCUT2D eigenvalue weighted by Crippen LogP contribution is 2.24. The smallest absolute Gasteiger partial charge is 0.347 e. The summed E-state index contributed by atoms with van der Waals surface area (Å²) in [5.74, 6) is -0.217. The number of unbranched alkanes of at least 4 members (excludes halogenated alkanes) is 5. The highest BCUT2D eigenvalue weighted by molar-refractivity contribution is 5.65. The quantitative estimate of drug-likeness (QED) is 0.363. The van der Waals surface area contributed by atoms with E-state index >= 15 is 0 Å². The average Bonchev–Trinajstić information content (AvgIpc) is 2.85. The van der Waals surface area contributed by atoms with Gasteiger partial charge in [0.15, 0.2) is 0 Å². The molecule has 1 aromatic heterocycles. The second kappa shape index (κ2) is 9.59. The van der Waals surface area contributed by atoms with E-state index in [4.69, 9.17) is 4.74 Å². The van der Waals surface area contributed by atoms with Crippen LogP contribution in [0.2, 0.25) is 0 Å². The van der Waals surface area contributed by atoms with E-state index in [1.54, 1.807) is 16.4 Å². The SMILES string of the molecule is CCC1C=CC(CCCCCCCCOC(C)=O)n2c(=O)n(C)c(=O)n21. The fourth-order valence-corrected chi connectivity index (χ4v) is 3.50. The van der Waals surface area contributed by atoms with Gasteiger partial charge in [-0.3, -0.25) is 4.79 Å². The second-order valence-corrected chi connectivity index (χ2v) is 6.99. The minimum absolute atomic E-state index is 0.0372. The number of hydrogen-bond donors (Lipinski definition) is 0. The largest absolute Gasteiger partial charge is 0.466 e. The number of aromatic nitrogens is 3. The van der Waals surface area contributed by atoms with Gasteiger partial charge in [-0.15, -0.1) is 0 Å². The van der Waals surface area contributed by atoms with Crippen LogP contribution >= 0.6 is 0 Å². The van der Waals surface area contributed by atoms with E-state index in [0.717, 1.165) is 51.4 Å². The monoisotopic (exact) mass is 365 g/mol. The Morgan fingerprint density at radius 1 is 0.962 bits per heavy atom. The molecule has 146 valence electrons. The number of hydrogen-bond acceptors (Lipinski definition) is 4. The fourth-order valence-electron chi connectivity index (χ4n) is 3.50. The zero-order valence-electron chi connectivity index (χ0n) is 16.1. The molecule has 0 radical (unpaired) electrons. The summed E-state index contributed by atoms with van der Waals surface area (Å²) in [6.07, 6.45) is 12.1. The number of esters is 1. The van der Waals surface area contributed by atoms with Crippen molar-refractivity contribution >= 4 is 5.97 Å². The first-order chi connectivity index (χ1) is 12.5. The van der Waals surface area contributed by atoms with Crippen molar-refractivity contribution in [3.63, 3.8) is 0 Å². The molecule has 0 N–H and O–H groups in total. The van der Waals surface area contributed by atoms with Gasteiger partial charge in [0.05, 0.1) is 18.7 Å². The molecule has 0 spiro atoms. The third-order valence-corrected chi connectivity index (χ3v) is 5.00. The Kier molecular flexibility index (Phi) is 7.48. The Morgan fingerprint density at radius 2 is 1.50 bits per heavy atom. The molecule has 0 aliphatic carbocycles. The van der Waals surface area contributed by atoms with E-state index in [1.165, 1.54) is 11.5 Å². The van der Waals surface area contributed by atoms with Gasteiger partial charge in [0, 0.05) is 14.0 Å². The average molecular weight is 365 g/mol. The van der Waals surface area contributed by atoms with Crippen LogP contribution in [0.5, 0.6) is 0 Å². The van der Waals surface area contributed by atoms with Gasteiger partial charge in [0.25, 0.3) is 0 Å². The van der Waals surface area contributed by atoms with E-state index in [2.05, 4.69) is 12.2 Å². The number of fused-ring (bicyclic) bond motifs is 1. The summed E-state index contributed by atoms with van der Waals surface area (Å²) in [5, 5.41) is 0. The van der Waals surface area contributed by atoms with Gasteiger partial charge < -0.3 is 4.74 Å². The number of nitrogens with zero attached hydrogens (tertiary/aromatic N) is 3. The molecule has 0 saturated heterocycles. The summed E-state index contributed by atoms with van der Waals surface area (Å²) in [6.45, 7) is 3.96. The van der Waals surface area contributed by atoms with Crippen molar-refractivity contribution in [1.82, 2.24) is 13.9 Å². The summed E-state index contributed by atoms with van der Waals surface area (Å²) < 4.78 is 9.36. The highest BCUT2D eigenvalue weighted by atomic mass is 16.5. The molecule has 2 unspecified atom stereocenters. The Bertz CT molecular complexity index is 741. The van der Waals surface area contributed by atoms with Gasteiger partial charge in [0.1, 0.15) is 0 Å². The van der Waals surface area contributed by atoms with Crippen LogP contribution in [-0.2, 0) is 16.6 Å². The van der Waals surface area contributed by atoms with E-state index in [-0.39, 0.29) is 29.4 Å². The van der Waals surface area contributed by atoms with Crippen LogP contribution in [-0.4, -0.2) is 26.5 Å². The van der Waals surface area contributed by atoms with Crippen LogP contribution in [0, 0.1) is 0 Å². The molecule has 1 aliphatic heterocycles. The molecular weight excluding hydrogens is 334 g/mol. The molecule has 26 heavy (non-hydrogen) atoms. The number of carbonyl (C=O) groups is 1. The summed E-state index contributed by atoms with van der Waals surface area (Å²) in [4.78, 5) is 35.4. The second-order valence-electron chi connectivity index (χ2n) is 6.99. The molecule has 0 aromatic carbocycles. The van der Waals surface area contributed by atoms with Crippen molar-refractivity contribution < 1.29 is 9.53 Å². The van der Waals surface area contributed by atoms with Crippen molar-refractivity contribution in [1.29, 1.82) is 0 Å². The zero-order chi connectivity index (χ0) is 19.1. The lowest BCUT2D eigenvalue weighted by Gasteiger charge is -2.26. The third-order valence-electron chi connectivity index (χ3n) is 5.00. The van der Waals surface area contributed by atoms with Gasteiger partial charge in [-0.05, 0) is 19.3 Å².